The lowest BCUT2D eigenvalue weighted by Crippen LogP contribution is -2.34. The van der Waals surface area contributed by atoms with Crippen LogP contribution < -0.4 is 51.1 Å². The van der Waals surface area contributed by atoms with E-state index in [9.17, 15) is 43.7 Å². The number of nitrogens with two attached hydrogens (primary N) is 6. The van der Waals surface area contributed by atoms with Gasteiger partial charge in [0.25, 0.3) is 16.7 Å². The van der Waals surface area contributed by atoms with Gasteiger partial charge in [-0.15, -0.1) is 20.4 Å². The zero-order valence-electron chi connectivity index (χ0n) is 66.2. The second-order valence-electron chi connectivity index (χ2n) is 30.0. The summed E-state index contributed by atoms with van der Waals surface area (Å²) in [6.45, 7) is -28.3. The Morgan fingerprint density at radius 3 is 1.10 bits per heavy atom. The Bertz CT molecular complexity index is 6800. The fourth-order valence-corrected chi connectivity index (χ4v) is 24.1. The van der Waals surface area contributed by atoms with Crippen LogP contribution in [-0.4, -0.2) is 291 Å². The van der Waals surface area contributed by atoms with Crippen LogP contribution >= 0.6 is 40.3 Å². The van der Waals surface area contributed by atoms with Gasteiger partial charge in [-0.3, -0.25) is 56.6 Å². The quantitative estimate of drug-likeness (QED) is 0.0704. The van der Waals surface area contributed by atoms with E-state index in [4.69, 9.17) is 188 Å². The van der Waals surface area contributed by atoms with Crippen molar-refractivity contribution in [1.82, 2.24) is 124 Å². The normalized spacial score (nSPS) is 36.9. The highest BCUT2D eigenvalue weighted by Gasteiger charge is 2.58. The molecule has 74 heteroatoms. The van der Waals surface area contributed by atoms with Crippen LogP contribution in [0.3, 0.4) is 0 Å². The number of pyridine rings is 3. The Morgan fingerprint density at radius 2 is 0.662 bits per heavy atom. The molecule has 21 heterocycles. The standard InChI is InChI=1S/C21H23F2N9O9P2S2.2C19H22FN11O9P2S2/c22-10-8-3-36-42(34,44)40-14-9(39-19(11(14)23)31-5-27-12-7(24)1-2-26-16(12)31)4-37-43(35,45)41-15(10)20(38-8)32-6-28-13-17(32)29-21(25)30-18(13)33;2*20-10-13-9(38-18(10)30-14-11(26-28-30)7(21)1-2-23-14)5-36-41(33,43)39-8-3-6(4-35-42(34,44)40-13)37-17(8)31-15-12(27-29-31)16(32)25-19(22)24-15/h1-2,5-6,8-11,14-15,19-20H,3-4H2,(H2,24,26)(H,34,44)(H,35,45)(H3,25,29,30,33);2*1-2,6,8-10,13,17-18H,3-5H2,(H2,21,23)(H,33,43)(H,34,44)(H3,22,24,25,32)/t8-,9-,10+,11+,14-,15-,19-,20-,42?,43?;2*6-,8+,9+,10-,13+,17+,18+,41?,42?/m100/s1. The molecule has 9 aliphatic heterocycles. The third-order valence-electron chi connectivity index (χ3n) is 21.3. The van der Waals surface area contributed by atoms with Gasteiger partial charge >= 0.3 is 40.3 Å². The number of ether oxygens (including phenoxy) is 6. The maximum absolute atomic E-state index is 16.0. The molecule has 12 aromatic heterocycles. The average Bonchev–Trinajstić information content (AvgIpc) is 1.62. The number of nitrogens with zero attached hydrogens (tertiary/aromatic N) is 22. The lowest BCUT2D eigenvalue weighted by molar-refractivity contribution is -0.0651. The predicted molar refractivity (Wildman–Crippen MR) is 461 cm³/mol. The predicted octanol–water partition coefficient (Wildman–Crippen LogP) is -0.964. The Balaban J connectivity index is 0.000000129. The topological polar surface area (TPSA) is 778 Å². The second kappa shape index (κ2) is 36.1. The third kappa shape index (κ3) is 18.7. The molecular weight excluding hydrogens is 2030 g/mol. The number of imidazole rings is 2. The number of anilines is 6. The number of hydrogen-bond donors (Lipinski definition) is 15. The zero-order chi connectivity index (χ0) is 93.8. The van der Waals surface area contributed by atoms with Gasteiger partial charge in [0.15, 0.2) is 124 Å². The molecular formula is C59H67F4N31O27P6S6. The molecule has 6 bridgehead atoms. The summed E-state index contributed by atoms with van der Waals surface area (Å²) < 4.78 is 173. The molecule has 12 aromatic rings. The van der Waals surface area contributed by atoms with E-state index in [2.05, 4.69) is 96.1 Å². The number of hydrogen-bond acceptors (Lipinski definition) is 49. The van der Waals surface area contributed by atoms with Gasteiger partial charge in [-0.2, -0.15) is 33.7 Å². The smallest absolute Gasteiger partial charge is 0.325 e. The number of nitrogens with one attached hydrogen (secondary N) is 3. The summed E-state index contributed by atoms with van der Waals surface area (Å²) >= 11 is 31.2. The Labute approximate surface area is 764 Å². The molecule has 0 radical (unpaired) electrons. The number of H-pyrrole nitrogens is 3. The molecule has 9 fully saturated rings. The minimum absolute atomic E-state index is 0.0228. The molecule has 0 aliphatic carbocycles. The van der Waals surface area contributed by atoms with E-state index in [0.29, 0.717) is 11.2 Å². The molecule has 28 atom stereocenters. The fraction of sp³-hybridized carbons (Fsp3) is 0.508. The minimum atomic E-state index is -4.34. The highest BCUT2D eigenvalue weighted by molar-refractivity contribution is 8.08. The van der Waals surface area contributed by atoms with E-state index in [1.807, 2.05) is 0 Å². The van der Waals surface area contributed by atoms with Crippen LogP contribution in [0.5, 0.6) is 0 Å². The van der Waals surface area contributed by atoms with Crippen LogP contribution in [0.15, 0.2) is 63.8 Å². The lowest BCUT2D eigenvalue weighted by Gasteiger charge is -2.27. The van der Waals surface area contributed by atoms with E-state index in [0.717, 1.165) is 29.6 Å². The van der Waals surface area contributed by atoms with E-state index in [-0.39, 0.29) is 117 Å². The fourth-order valence-electron chi connectivity index (χ4n) is 15.5. The van der Waals surface area contributed by atoms with E-state index in [1.54, 1.807) is 0 Å². The number of halogens is 4. The molecule has 9 aliphatic rings. The molecule has 0 spiro atoms. The van der Waals surface area contributed by atoms with Gasteiger partial charge < -0.3 is 128 Å². The third-order valence-corrected chi connectivity index (χ3v) is 30.7. The van der Waals surface area contributed by atoms with Crippen LogP contribution in [-0.2, 0) is 154 Å². The van der Waals surface area contributed by atoms with Crippen LogP contribution in [0, 0.1) is 0 Å². The largest absolute Gasteiger partial charge is 0.397 e. The maximum atomic E-state index is 16.0. The molecule has 0 amide bonds. The second-order valence-corrected chi connectivity index (χ2v) is 46.7. The highest BCUT2D eigenvalue weighted by atomic mass is 32.5. The van der Waals surface area contributed by atoms with Gasteiger partial charge in [-0.1, -0.05) is 20.9 Å². The van der Waals surface area contributed by atoms with Gasteiger partial charge in [0.05, 0.1) is 81.6 Å². The van der Waals surface area contributed by atoms with Crippen LogP contribution in [0.4, 0.5) is 52.5 Å². The van der Waals surface area contributed by atoms with Gasteiger partial charge in [0.1, 0.15) is 66.6 Å². The van der Waals surface area contributed by atoms with Crippen LogP contribution in [0.1, 0.15) is 50.2 Å². The summed E-state index contributed by atoms with van der Waals surface area (Å²) in [7, 11) is 0. The van der Waals surface area contributed by atoms with Crippen molar-refractivity contribution >= 4 is 213 Å². The van der Waals surface area contributed by atoms with Crippen molar-refractivity contribution in [2.45, 2.75) is 148 Å². The molecule has 9 saturated heterocycles. The van der Waals surface area contributed by atoms with Crippen molar-refractivity contribution in [3.63, 3.8) is 0 Å². The van der Waals surface area contributed by atoms with Crippen LogP contribution in [0.25, 0.3) is 67.0 Å². The van der Waals surface area contributed by atoms with Crippen molar-refractivity contribution in [2.24, 2.45) is 0 Å². The molecule has 21 N–H and O–H groups in total. The van der Waals surface area contributed by atoms with Gasteiger partial charge in [-0.05, 0) is 89.0 Å². The molecule has 6 unspecified atom stereocenters. The number of aromatic nitrogens is 25. The SMILES string of the molecule is Nc1nc2c(ncn2[C@@H]2O[C@@H]3COP(O)(=S)O[C@H]4[C@H](F)[C@H](n5cnc6c(N)ccnc65)O[C@@H]4COP(O)(=S)O[C@@H]2[C@H]3F)c(=O)[nH]1.Nc1nc2c(nnn2[C@@H]2O[C@@H]3COP(O)(=S)O[C@H]4[C@H](F)[C@H](n5nnc6c(N)ccnc65)O[C@@H]4COP(O)(=S)O[C@@H]2C3)c(=O)[nH]1.Nc1nc2c(nnn2[C@@H]2O[C@@H]3COP(O)(=S)O[C@H]4[C@H](F)[C@H](n5nnc6c(N)ccnc65)O[C@@H]4COP(O)(=S)O[C@@H]2C3)c(=O)[nH]1. The van der Waals surface area contributed by atoms with Crippen molar-refractivity contribution < 1.29 is 130 Å². The first-order valence-corrected chi connectivity index (χ1v) is 54.0. The molecule has 714 valence electrons. The molecule has 21 rings (SSSR count). The van der Waals surface area contributed by atoms with Gasteiger partial charge in [0.2, 0.25) is 17.8 Å². The summed E-state index contributed by atoms with van der Waals surface area (Å²) in [6, 6.07) is 4.52. The number of aromatic amines is 3. The average molecular weight is 2100 g/mol. The molecule has 0 aromatic carbocycles. The number of fused-ring (bicyclic) bond motifs is 15. The van der Waals surface area contributed by atoms with Crippen molar-refractivity contribution in [2.75, 3.05) is 74.0 Å². The van der Waals surface area contributed by atoms with Crippen LogP contribution in [0.2, 0.25) is 0 Å². The first-order valence-electron chi connectivity index (χ1n) is 38.4. The van der Waals surface area contributed by atoms with E-state index < -0.39 is 219 Å². The first kappa shape index (κ1) is 94.1. The van der Waals surface area contributed by atoms with Crippen molar-refractivity contribution in [3.8, 4) is 0 Å². The minimum Gasteiger partial charge on any atom is -0.397 e. The zero-order valence-corrected chi connectivity index (χ0v) is 76.4. The molecule has 58 nitrogen and oxygen atoms in total. The highest BCUT2D eigenvalue weighted by Crippen LogP contribution is 2.59. The van der Waals surface area contributed by atoms with E-state index in [1.165, 1.54) is 47.7 Å². The van der Waals surface area contributed by atoms with Crippen molar-refractivity contribution in [3.05, 3.63) is 80.5 Å². The first-order chi connectivity index (χ1) is 63.1. The lowest BCUT2D eigenvalue weighted by atomic mass is 10.1. The number of rotatable bonds is 6. The van der Waals surface area contributed by atoms with E-state index >= 15 is 17.6 Å². The maximum Gasteiger partial charge on any atom is 0.325 e. The Morgan fingerprint density at radius 1 is 0.338 bits per heavy atom. The number of nitrogen functional groups attached to an aromatic ring is 6. The van der Waals surface area contributed by atoms with Crippen molar-refractivity contribution in [1.29, 1.82) is 0 Å². The summed E-state index contributed by atoms with van der Waals surface area (Å²) in [6.07, 6.45) is -25.2. The van der Waals surface area contributed by atoms with Gasteiger partial charge in [0, 0.05) is 31.4 Å². The molecule has 133 heavy (non-hydrogen) atoms. The number of alkyl halides is 4. The Hall–Kier alpha value is -7.91. The summed E-state index contributed by atoms with van der Waals surface area (Å²) in [5.74, 6) is -0.659. The summed E-state index contributed by atoms with van der Waals surface area (Å²) in [5, 5.41) is 31.3. The summed E-state index contributed by atoms with van der Waals surface area (Å²) in [5.41, 5.74) is 34.3. The Kier molecular flexibility index (Phi) is 25.6. The molecule has 0 saturated carbocycles. The summed E-state index contributed by atoms with van der Waals surface area (Å²) in [4.78, 5) is 142. The monoisotopic (exact) mass is 2100 g/mol. The van der Waals surface area contributed by atoms with Gasteiger partial charge in [-0.25, -0.2) is 42.5 Å².